The zero-order valence-corrected chi connectivity index (χ0v) is 15.9. The predicted octanol–water partition coefficient (Wildman–Crippen LogP) is 2.46. The van der Waals surface area contributed by atoms with Crippen LogP contribution in [0.15, 0.2) is 40.3 Å². The molecular formula is C19H24N4O2S. The number of aromatic nitrogens is 2. The van der Waals surface area contributed by atoms with Crippen molar-refractivity contribution < 1.29 is 4.74 Å². The Morgan fingerprint density at radius 2 is 1.88 bits per heavy atom. The van der Waals surface area contributed by atoms with Crippen molar-refractivity contribution in [2.45, 2.75) is 25.0 Å². The standard InChI is InChI=1S/C19H24N4O2S/c1-2-25-16-7-4-3-6-15(16)21-9-11-22(12-10-21)17-14-18(24)23-8-5-13-26-19(23)20-17/h3-4,6-7,14H,2,5,8-13H2,1H3. The highest BCUT2D eigenvalue weighted by atomic mass is 32.2. The number of ether oxygens (including phenoxy) is 1. The number of rotatable bonds is 4. The minimum Gasteiger partial charge on any atom is -0.492 e. The van der Waals surface area contributed by atoms with Gasteiger partial charge in [0.05, 0.1) is 12.3 Å². The Kier molecular flexibility index (Phi) is 5.06. The molecule has 4 rings (SSSR count). The quantitative estimate of drug-likeness (QED) is 0.769. The van der Waals surface area contributed by atoms with Crippen molar-refractivity contribution in [2.75, 3.05) is 48.3 Å². The summed E-state index contributed by atoms with van der Waals surface area (Å²) in [6, 6.07) is 9.88. The lowest BCUT2D eigenvalue weighted by atomic mass is 10.2. The smallest absolute Gasteiger partial charge is 0.256 e. The molecule has 2 aromatic rings. The molecule has 0 spiro atoms. The van der Waals surface area contributed by atoms with Crippen molar-refractivity contribution in [3.63, 3.8) is 0 Å². The first kappa shape index (κ1) is 17.3. The van der Waals surface area contributed by atoms with E-state index in [-0.39, 0.29) is 5.56 Å². The molecule has 3 heterocycles. The lowest BCUT2D eigenvalue weighted by Crippen LogP contribution is -2.47. The molecule has 7 heteroatoms. The highest BCUT2D eigenvalue weighted by Gasteiger charge is 2.22. The van der Waals surface area contributed by atoms with Crippen LogP contribution in [0.1, 0.15) is 13.3 Å². The second kappa shape index (κ2) is 7.61. The summed E-state index contributed by atoms with van der Waals surface area (Å²) in [7, 11) is 0. The molecular weight excluding hydrogens is 348 g/mol. The maximum absolute atomic E-state index is 12.4. The molecule has 0 atom stereocenters. The lowest BCUT2D eigenvalue weighted by molar-refractivity contribution is 0.340. The lowest BCUT2D eigenvalue weighted by Gasteiger charge is -2.37. The second-order valence-electron chi connectivity index (χ2n) is 6.46. The van der Waals surface area contributed by atoms with E-state index in [1.807, 2.05) is 25.1 Å². The fourth-order valence-corrected chi connectivity index (χ4v) is 4.46. The number of hydrogen-bond acceptors (Lipinski definition) is 6. The summed E-state index contributed by atoms with van der Waals surface area (Å²) in [5.41, 5.74) is 1.21. The van der Waals surface area contributed by atoms with Crippen LogP contribution in [-0.2, 0) is 6.54 Å². The molecule has 2 aliphatic heterocycles. The van der Waals surface area contributed by atoms with Crippen LogP contribution in [0.2, 0.25) is 0 Å². The molecule has 26 heavy (non-hydrogen) atoms. The van der Waals surface area contributed by atoms with E-state index in [1.165, 1.54) is 0 Å². The van der Waals surface area contributed by atoms with Gasteiger partial charge in [0.2, 0.25) is 0 Å². The number of nitrogens with zero attached hydrogens (tertiary/aromatic N) is 4. The third-order valence-electron chi connectivity index (χ3n) is 4.83. The number of hydrogen-bond donors (Lipinski definition) is 0. The first-order valence-electron chi connectivity index (χ1n) is 9.22. The van der Waals surface area contributed by atoms with E-state index in [9.17, 15) is 4.79 Å². The molecule has 1 fully saturated rings. The monoisotopic (exact) mass is 372 g/mol. The molecule has 1 saturated heterocycles. The van der Waals surface area contributed by atoms with Gasteiger partial charge in [0.1, 0.15) is 11.6 Å². The van der Waals surface area contributed by atoms with Gasteiger partial charge in [0.15, 0.2) is 5.16 Å². The van der Waals surface area contributed by atoms with Crippen molar-refractivity contribution >= 4 is 23.3 Å². The van der Waals surface area contributed by atoms with Crippen LogP contribution in [0.5, 0.6) is 5.75 Å². The average molecular weight is 372 g/mol. The third kappa shape index (κ3) is 3.40. The number of fused-ring (bicyclic) bond motifs is 1. The van der Waals surface area contributed by atoms with Crippen molar-refractivity contribution in [3.8, 4) is 5.75 Å². The van der Waals surface area contributed by atoms with Crippen molar-refractivity contribution in [1.29, 1.82) is 0 Å². The third-order valence-corrected chi connectivity index (χ3v) is 5.89. The zero-order chi connectivity index (χ0) is 17.9. The molecule has 1 aromatic carbocycles. The number of piperazine rings is 1. The van der Waals surface area contributed by atoms with Gasteiger partial charge in [-0.05, 0) is 25.5 Å². The minimum absolute atomic E-state index is 0.0707. The molecule has 0 bridgehead atoms. The molecule has 0 radical (unpaired) electrons. The van der Waals surface area contributed by atoms with Gasteiger partial charge in [0, 0.05) is 44.5 Å². The Balaban J connectivity index is 1.49. The molecule has 2 aliphatic rings. The maximum Gasteiger partial charge on any atom is 0.256 e. The summed E-state index contributed by atoms with van der Waals surface area (Å²) in [6.45, 7) is 6.93. The van der Waals surface area contributed by atoms with Crippen LogP contribution in [0, 0.1) is 0 Å². The van der Waals surface area contributed by atoms with Crippen molar-refractivity contribution in [3.05, 3.63) is 40.7 Å². The highest BCUT2D eigenvalue weighted by Crippen LogP contribution is 2.30. The van der Waals surface area contributed by atoms with Gasteiger partial charge in [0.25, 0.3) is 5.56 Å². The van der Waals surface area contributed by atoms with Gasteiger partial charge < -0.3 is 14.5 Å². The SMILES string of the molecule is CCOc1ccccc1N1CCN(c2cc(=O)n3c(n2)SCCC3)CC1. The van der Waals surface area contributed by atoms with E-state index in [0.29, 0.717) is 6.61 Å². The fourth-order valence-electron chi connectivity index (χ4n) is 3.51. The Labute approximate surface area is 157 Å². The molecule has 0 N–H and O–H groups in total. The van der Waals surface area contributed by atoms with E-state index in [1.54, 1.807) is 22.4 Å². The molecule has 138 valence electrons. The van der Waals surface area contributed by atoms with Gasteiger partial charge >= 0.3 is 0 Å². The van der Waals surface area contributed by atoms with Gasteiger partial charge in [-0.25, -0.2) is 4.98 Å². The van der Waals surface area contributed by atoms with E-state index in [2.05, 4.69) is 15.9 Å². The maximum atomic E-state index is 12.4. The Bertz CT molecular complexity index is 831. The summed E-state index contributed by atoms with van der Waals surface area (Å²) in [4.78, 5) is 21.7. The second-order valence-corrected chi connectivity index (χ2v) is 7.53. The van der Waals surface area contributed by atoms with Gasteiger partial charge in [-0.2, -0.15) is 0 Å². The predicted molar refractivity (Wildman–Crippen MR) is 106 cm³/mol. The van der Waals surface area contributed by atoms with Crippen LogP contribution in [-0.4, -0.2) is 48.1 Å². The molecule has 1 aromatic heterocycles. The zero-order valence-electron chi connectivity index (χ0n) is 15.1. The largest absolute Gasteiger partial charge is 0.492 e. The van der Waals surface area contributed by atoms with Crippen LogP contribution in [0.25, 0.3) is 0 Å². The van der Waals surface area contributed by atoms with Crippen LogP contribution < -0.4 is 20.1 Å². The van der Waals surface area contributed by atoms with Crippen LogP contribution in [0.3, 0.4) is 0 Å². The Hall–Kier alpha value is -2.15. The Morgan fingerprint density at radius 1 is 1.12 bits per heavy atom. The van der Waals surface area contributed by atoms with Crippen molar-refractivity contribution in [2.24, 2.45) is 0 Å². The van der Waals surface area contributed by atoms with E-state index in [4.69, 9.17) is 9.72 Å². The van der Waals surface area contributed by atoms with Crippen LogP contribution >= 0.6 is 11.8 Å². The molecule has 0 unspecified atom stereocenters. The van der Waals surface area contributed by atoms with Gasteiger partial charge in [-0.15, -0.1) is 0 Å². The van der Waals surface area contributed by atoms with Crippen LogP contribution in [0.4, 0.5) is 11.5 Å². The molecule has 0 aliphatic carbocycles. The first-order chi connectivity index (χ1) is 12.8. The number of thioether (sulfide) groups is 1. The fraction of sp³-hybridized carbons (Fsp3) is 0.474. The molecule has 0 amide bonds. The van der Waals surface area contributed by atoms with Gasteiger partial charge in [-0.1, -0.05) is 23.9 Å². The molecule has 6 nitrogen and oxygen atoms in total. The van der Waals surface area contributed by atoms with E-state index < -0.39 is 0 Å². The number of anilines is 2. The molecule has 0 saturated carbocycles. The number of benzene rings is 1. The minimum atomic E-state index is 0.0707. The van der Waals surface area contributed by atoms with E-state index >= 15 is 0 Å². The summed E-state index contributed by atoms with van der Waals surface area (Å²) in [5, 5.41) is 0.864. The highest BCUT2D eigenvalue weighted by molar-refractivity contribution is 7.99. The summed E-state index contributed by atoms with van der Waals surface area (Å²) in [5.74, 6) is 2.79. The van der Waals surface area contributed by atoms with E-state index in [0.717, 1.165) is 67.3 Å². The Morgan fingerprint density at radius 3 is 2.69 bits per heavy atom. The summed E-state index contributed by atoms with van der Waals surface area (Å²) >= 11 is 1.68. The summed E-state index contributed by atoms with van der Waals surface area (Å²) < 4.78 is 7.56. The van der Waals surface area contributed by atoms with Crippen molar-refractivity contribution in [1.82, 2.24) is 9.55 Å². The first-order valence-corrected chi connectivity index (χ1v) is 10.2. The topological polar surface area (TPSA) is 50.6 Å². The normalized spacial score (nSPS) is 17.1. The van der Waals surface area contributed by atoms with Gasteiger partial charge in [-0.3, -0.25) is 9.36 Å². The average Bonchev–Trinajstić information content (AvgIpc) is 2.69. The number of para-hydroxylation sites is 2. The summed E-state index contributed by atoms with van der Waals surface area (Å²) in [6.07, 6.45) is 1.04.